The summed E-state index contributed by atoms with van der Waals surface area (Å²) >= 11 is 0.982. The van der Waals surface area contributed by atoms with Crippen LogP contribution in [0.5, 0.6) is 0 Å². The summed E-state index contributed by atoms with van der Waals surface area (Å²) in [7, 11) is 0. The molecule has 0 aliphatic carbocycles. The van der Waals surface area contributed by atoms with Crippen LogP contribution < -0.4 is 5.32 Å². The third-order valence-electron chi connectivity index (χ3n) is 2.44. The van der Waals surface area contributed by atoms with Crippen LogP contribution in [0.2, 0.25) is 0 Å². The van der Waals surface area contributed by atoms with Crippen molar-refractivity contribution >= 4 is 27.7 Å². The SMILES string of the molecule is O=[N+]([O-])c1ccc(NCc2ccc([N+](=O)[O-])s2)c(F)c1. The molecule has 1 aromatic carbocycles. The highest BCUT2D eigenvalue weighted by molar-refractivity contribution is 7.15. The molecule has 0 unspecified atom stereocenters. The Labute approximate surface area is 116 Å². The van der Waals surface area contributed by atoms with Gasteiger partial charge in [0.15, 0.2) is 5.82 Å². The first kappa shape index (κ1) is 13.9. The van der Waals surface area contributed by atoms with Crippen molar-refractivity contribution in [3.05, 3.63) is 61.3 Å². The molecule has 0 aliphatic heterocycles. The molecule has 0 bridgehead atoms. The second-order valence-electron chi connectivity index (χ2n) is 3.77. The minimum Gasteiger partial charge on any atom is -0.378 e. The van der Waals surface area contributed by atoms with E-state index in [1.165, 1.54) is 18.2 Å². The van der Waals surface area contributed by atoms with E-state index in [0.717, 1.165) is 17.4 Å². The van der Waals surface area contributed by atoms with Gasteiger partial charge in [0.25, 0.3) is 5.69 Å². The molecule has 0 aliphatic rings. The summed E-state index contributed by atoms with van der Waals surface area (Å²) in [6.07, 6.45) is 0. The van der Waals surface area contributed by atoms with Gasteiger partial charge in [-0.25, -0.2) is 4.39 Å². The van der Waals surface area contributed by atoms with E-state index in [0.29, 0.717) is 4.88 Å². The van der Waals surface area contributed by atoms with Crippen LogP contribution in [0.3, 0.4) is 0 Å². The summed E-state index contributed by atoms with van der Waals surface area (Å²) in [5.74, 6) is -0.745. The lowest BCUT2D eigenvalue weighted by molar-refractivity contribution is -0.385. The molecule has 1 N–H and O–H groups in total. The third-order valence-corrected chi connectivity index (χ3v) is 3.48. The largest absolute Gasteiger partial charge is 0.378 e. The van der Waals surface area contributed by atoms with Gasteiger partial charge in [-0.1, -0.05) is 11.3 Å². The number of hydrogen-bond acceptors (Lipinski definition) is 6. The van der Waals surface area contributed by atoms with Gasteiger partial charge in [-0.05, 0) is 12.1 Å². The number of benzene rings is 1. The Bertz CT molecular complexity index is 673. The van der Waals surface area contributed by atoms with Gasteiger partial charge >= 0.3 is 5.00 Å². The third kappa shape index (κ3) is 3.06. The molecule has 20 heavy (non-hydrogen) atoms. The molecule has 0 saturated carbocycles. The van der Waals surface area contributed by atoms with Crippen molar-refractivity contribution < 1.29 is 14.2 Å². The highest BCUT2D eigenvalue weighted by atomic mass is 32.1. The molecule has 1 heterocycles. The summed E-state index contributed by atoms with van der Waals surface area (Å²) in [5, 5.41) is 23.7. The topological polar surface area (TPSA) is 98.3 Å². The Morgan fingerprint density at radius 1 is 1.15 bits per heavy atom. The summed E-state index contributed by atoms with van der Waals surface area (Å²) in [4.78, 5) is 20.5. The van der Waals surface area contributed by atoms with Gasteiger partial charge in [-0.3, -0.25) is 20.2 Å². The van der Waals surface area contributed by atoms with E-state index < -0.39 is 15.7 Å². The van der Waals surface area contributed by atoms with Crippen molar-refractivity contribution in [3.8, 4) is 0 Å². The number of nitro benzene ring substituents is 1. The molecule has 7 nitrogen and oxygen atoms in total. The second kappa shape index (κ2) is 5.61. The predicted octanol–water partition coefficient (Wildman–Crippen LogP) is 3.32. The molecule has 2 rings (SSSR count). The zero-order chi connectivity index (χ0) is 14.7. The van der Waals surface area contributed by atoms with Crippen LogP contribution in [0.1, 0.15) is 4.88 Å². The number of rotatable bonds is 5. The van der Waals surface area contributed by atoms with E-state index in [2.05, 4.69) is 5.32 Å². The maximum absolute atomic E-state index is 13.6. The lowest BCUT2D eigenvalue weighted by Gasteiger charge is -2.05. The fourth-order valence-electron chi connectivity index (χ4n) is 1.50. The molecule has 0 saturated heterocycles. The van der Waals surface area contributed by atoms with Crippen molar-refractivity contribution in [2.24, 2.45) is 0 Å². The Morgan fingerprint density at radius 2 is 1.90 bits per heavy atom. The minimum atomic E-state index is -0.745. The first-order valence-electron chi connectivity index (χ1n) is 5.38. The van der Waals surface area contributed by atoms with Gasteiger partial charge in [0.05, 0.1) is 21.6 Å². The predicted molar refractivity (Wildman–Crippen MR) is 71.4 cm³/mol. The molecule has 0 fully saturated rings. The fourth-order valence-corrected chi connectivity index (χ4v) is 2.26. The zero-order valence-electron chi connectivity index (χ0n) is 9.91. The van der Waals surface area contributed by atoms with Crippen LogP contribution in [-0.2, 0) is 6.54 Å². The normalized spacial score (nSPS) is 10.2. The summed E-state index contributed by atoms with van der Waals surface area (Å²) in [6.45, 7) is 0.202. The molecule has 0 radical (unpaired) electrons. The van der Waals surface area contributed by atoms with Gasteiger partial charge in [-0.2, -0.15) is 0 Å². The molecule has 0 amide bonds. The number of non-ortho nitro benzene ring substituents is 1. The van der Waals surface area contributed by atoms with Crippen LogP contribution in [0.15, 0.2) is 30.3 Å². The van der Waals surface area contributed by atoms with Gasteiger partial charge in [0.2, 0.25) is 0 Å². The maximum Gasteiger partial charge on any atom is 0.324 e. The average molecular weight is 297 g/mol. The molecule has 104 valence electrons. The first-order valence-corrected chi connectivity index (χ1v) is 6.20. The Morgan fingerprint density at radius 3 is 2.45 bits per heavy atom. The van der Waals surface area contributed by atoms with Crippen molar-refractivity contribution in [2.45, 2.75) is 6.54 Å². The molecule has 0 spiro atoms. The number of thiophene rings is 1. The lowest BCUT2D eigenvalue weighted by Crippen LogP contribution is -2.00. The van der Waals surface area contributed by atoms with E-state index in [1.807, 2.05) is 0 Å². The van der Waals surface area contributed by atoms with Crippen molar-refractivity contribution in [1.29, 1.82) is 0 Å². The smallest absolute Gasteiger partial charge is 0.324 e. The van der Waals surface area contributed by atoms with Gasteiger partial charge < -0.3 is 5.32 Å². The minimum absolute atomic E-state index is 0.00553. The summed E-state index contributed by atoms with van der Waals surface area (Å²) in [6, 6.07) is 6.20. The van der Waals surface area contributed by atoms with Crippen LogP contribution in [-0.4, -0.2) is 9.85 Å². The van der Waals surface area contributed by atoms with E-state index in [4.69, 9.17) is 0 Å². The molecule has 1 aromatic heterocycles. The number of nitrogens with one attached hydrogen (secondary N) is 1. The van der Waals surface area contributed by atoms with Crippen LogP contribution in [0.4, 0.5) is 20.8 Å². The van der Waals surface area contributed by atoms with E-state index in [-0.39, 0.29) is 22.9 Å². The van der Waals surface area contributed by atoms with E-state index in [1.54, 1.807) is 6.07 Å². The number of nitrogens with zero attached hydrogens (tertiary/aromatic N) is 2. The number of halogens is 1. The Hall–Kier alpha value is -2.55. The standard InChI is InChI=1S/C11H8FN3O4S/c12-9-5-7(14(16)17)1-3-10(9)13-6-8-2-4-11(20-8)15(18)19/h1-5,13H,6H2. The van der Waals surface area contributed by atoms with E-state index >= 15 is 0 Å². The average Bonchev–Trinajstić information content (AvgIpc) is 2.86. The Kier molecular flexibility index (Phi) is 3.89. The molecular formula is C11H8FN3O4S. The maximum atomic E-state index is 13.6. The fraction of sp³-hybridized carbons (Fsp3) is 0.0909. The van der Waals surface area contributed by atoms with E-state index in [9.17, 15) is 24.6 Å². The zero-order valence-corrected chi connectivity index (χ0v) is 10.7. The highest BCUT2D eigenvalue weighted by Gasteiger charge is 2.12. The molecule has 9 heteroatoms. The summed E-state index contributed by atoms with van der Waals surface area (Å²) < 4.78 is 13.6. The number of hydrogen-bond donors (Lipinski definition) is 1. The lowest BCUT2D eigenvalue weighted by atomic mass is 10.2. The first-order chi connectivity index (χ1) is 9.47. The monoisotopic (exact) mass is 297 g/mol. The van der Waals surface area contributed by atoms with Gasteiger partial charge in [0, 0.05) is 23.6 Å². The molecule has 2 aromatic rings. The van der Waals surface area contributed by atoms with Crippen molar-refractivity contribution in [1.82, 2.24) is 0 Å². The van der Waals surface area contributed by atoms with Crippen molar-refractivity contribution in [3.63, 3.8) is 0 Å². The quantitative estimate of drug-likeness (QED) is 0.674. The number of anilines is 1. The van der Waals surface area contributed by atoms with Crippen LogP contribution in [0, 0.1) is 26.0 Å². The van der Waals surface area contributed by atoms with Crippen LogP contribution in [0.25, 0.3) is 0 Å². The van der Waals surface area contributed by atoms with Crippen molar-refractivity contribution in [2.75, 3.05) is 5.32 Å². The summed E-state index contributed by atoms with van der Waals surface area (Å²) in [5.41, 5.74) is -0.230. The highest BCUT2D eigenvalue weighted by Crippen LogP contribution is 2.26. The Balaban J connectivity index is 2.06. The van der Waals surface area contributed by atoms with Gasteiger partial charge in [-0.15, -0.1) is 0 Å². The number of nitro groups is 2. The van der Waals surface area contributed by atoms with Crippen LogP contribution >= 0.6 is 11.3 Å². The van der Waals surface area contributed by atoms with Gasteiger partial charge in [0.1, 0.15) is 0 Å². The second-order valence-corrected chi connectivity index (χ2v) is 4.92. The molecular weight excluding hydrogens is 289 g/mol. The molecule has 0 atom stereocenters.